The lowest BCUT2D eigenvalue weighted by Crippen LogP contribution is -2.43. The summed E-state index contributed by atoms with van der Waals surface area (Å²) in [6, 6.07) is 19.5. The molecule has 2 nitrogen and oxygen atoms in total. The fourth-order valence-electron chi connectivity index (χ4n) is 2.28. The molecule has 0 aliphatic heterocycles. The van der Waals surface area contributed by atoms with Crippen molar-refractivity contribution in [2.75, 3.05) is 6.54 Å². The molecule has 0 aromatic heterocycles. The highest BCUT2D eigenvalue weighted by molar-refractivity contribution is 5.91. The van der Waals surface area contributed by atoms with Crippen molar-refractivity contribution in [3.63, 3.8) is 0 Å². The maximum absolute atomic E-state index is 12.6. The first-order chi connectivity index (χ1) is 9.69. The number of carbonyl (C=O) groups is 1. The lowest BCUT2D eigenvalue weighted by molar-refractivity contribution is -0.124. The molecule has 0 aliphatic carbocycles. The van der Waals surface area contributed by atoms with Crippen LogP contribution >= 0.6 is 0 Å². The Kier molecular flexibility index (Phi) is 4.22. The maximum atomic E-state index is 12.6. The van der Waals surface area contributed by atoms with Gasteiger partial charge in [-0.1, -0.05) is 66.6 Å². The number of rotatable bonds is 4. The van der Waals surface area contributed by atoms with Crippen molar-refractivity contribution < 1.29 is 4.79 Å². The molecule has 0 fully saturated rings. The van der Waals surface area contributed by atoms with Crippen LogP contribution in [0, 0.1) is 12.3 Å². The van der Waals surface area contributed by atoms with Gasteiger partial charge in [-0.3, -0.25) is 4.79 Å². The molecule has 0 radical (unpaired) electrons. The number of amides is 1. The Labute approximate surface area is 119 Å². The maximum Gasteiger partial charge on any atom is 0.235 e. The summed E-state index contributed by atoms with van der Waals surface area (Å²) in [4.78, 5) is 12.6. The van der Waals surface area contributed by atoms with E-state index >= 15 is 0 Å². The SMILES string of the molecule is C#CCNC(=O)C(C)(c1ccccc1)c1ccccc1. The fourth-order valence-corrected chi connectivity index (χ4v) is 2.28. The predicted octanol–water partition coefficient (Wildman–Crippen LogP) is 2.74. The zero-order valence-electron chi connectivity index (χ0n) is 11.5. The van der Waals surface area contributed by atoms with E-state index in [1.807, 2.05) is 67.6 Å². The normalized spacial score (nSPS) is 10.6. The second kappa shape index (κ2) is 6.08. The molecular formula is C18H17NO. The summed E-state index contributed by atoms with van der Waals surface area (Å²) in [5.74, 6) is 2.35. The van der Waals surface area contributed by atoms with Crippen LogP contribution in [0.1, 0.15) is 18.1 Å². The Morgan fingerprint density at radius 3 is 1.90 bits per heavy atom. The predicted molar refractivity (Wildman–Crippen MR) is 81.2 cm³/mol. The van der Waals surface area contributed by atoms with E-state index in [-0.39, 0.29) is 12.5 Å². The monoisotopic (exact) mass is 263 g/mol. The number of terminal acetylenes is 1. The Morgan fingerprint density at radius 2 is 1.50 bits per heavy atom. The Balaban J connectivity index is 2.50. The standard InChI is InChI=1S/C18H17NO/c1-3-14-19-17(20)18(2,15-10-6-4-7-11-15)16-12-8-5-9-13-16/h1,4-13H,14H2,2H3,(H,19,20). The summed E-state index contributed by atoms with van der Waals surface area (Å²) < 4.78 is 0. The zero-order valence-corrected chi connectivity index (χ0v) is 11.5. The number of hydrogen-bond donors (Lipinski definition) is 1. The van der Waals surface area contributed by atoms with Crippen molar-refractivity contribution in [2.45, 2.75) is 12.3 Å². The van der Waals surface area contributed by atoms with Crippen LogP contribution in [0.15, 0.2) is 60.7 Å². The summed E-state index contributed by atoms with van der Waals surface area (Å²) in [5.41, 5.74) is 1.14. The molecule has 1 N–H and O–H groups in total. The molecule has 1 amide bonds. The quantitative estimate of drug-likeness (QED) is 0.844. The third kappa shape index (κ3) is 2.57. The van der Waals surface area contributed by atoms with Gasteiger partial charge in [-0.15, -0.1) is 6.42 Å². The van der Waals surface area contributed by atoms with Crippen LogP contribution in [-0.2, 0) is 10.2 Å². The molecule has 0 aliphatic rings. The summed E-state index contributed by atoms with van der Waals surface area (Å²) in [5, 5.41) is 2.79. The molecule has 2 aromatic carbocycles. The largest absolute Gasteiger partial charge is 0.344 e. The van der Waals surface area contributed by atoms with Gasteiger partial charge in [0.1, 0.15) is 0 Å². The summed E-state index contributed by atoms with van der Waals surface area (Å²) in [6.07, 6.45) is 5.23. The van der Waals surface area contributed by atoms with Gasteiger partial charge in [-0.05, 0) is 18.1 Å². The Hall–Kier alpha value is -2.53. The van der Waals surface area contributed by atoms with E-state index < -0.39 is 5.41 Å². The van der Waals surface area contributed by atoms with Gasteiger partial charge < -0.3 is 5.32 Å². The molecule has 0 spiro atoms. The molecule has 0 heterocycles. The van der Waals surface area contributed by atoms with E-state index in [0.717, 1.165) is 11.1 Å². The third-order valence-electron chi connectivity index (χ3n) is 3.51. The van der Waals surface area contributed by atoms with Gasteiger partial charge in [-0.2, -0.15) is 0 Å². The van der Waals surface area contributed by atoms with E-state index in [9.17, 15) is 4.79 Å². The average molecular weight is 263 g/mol. The molecular weight excluding hydrogens is 246 g/mol. The first kappa shape index (κ1) is 13.9. The minimum atomic E-state index is -0.751. The summed E-state index contributed by atoms with van der Waals surface area (Å²) >= 11 is 0. The Bertz CT molecular complexity index is 571. The number of hydrogen-bond acceptors (Lipinski definition) is 1. The second-order valence-electron chi connectivity index (χ2n) is 4.74. The lowest BCUT2D eigenvalue weighted by Gasteiger charge is -2.29. The minimum absolute atomic E-state index is 0.0900. The topological polar surface area (TPSA) is 29.1 Å². The van der Waals surface area contributed by atoms with Gasteiger partial charge in [0.2, 0.25) is 5.91 Å². The van der Waals surface area contributed by atoms with Crippen molar-refractivity contribution in [2.24, 2.45) is 0 Å². The molecule has 0 unspecified atom stereocenters. The van der Waals surface area contributed by atoms with Gasteiger partial charge in [0, 0.05) is 0 Å². The van der Waals surface area contributed by atoms with Crippen LogP contribution in [0.25, 0.3) is 0 Å². The summed E-state index contributed by atoms with van der Waals surface area (Å²) in [6.45, 7) is 2.15. The van der Waals surface area contributed by atoms with Gasteiger partial charge in [0.15, 0.2) is 0 Å². The minimum Gasteiger partial charge on any atom is -0.344 e. The number of carbonyl (C=O) groups excluding carboxylic acids is 1. The van der Waals surface area contributed by atoms with Crippen molar-refractivity contribution in [3.8, 4) is 12.3 Å². The van der Waals surface area contributed by atoms with Gasteiger partial charge >= 0.3 is 0 Å². The molecule has 0 saturated carbocycles. The Morgan fingerprint density at radius 1 is 1.05 bits per heavy atom. The highest BCUT2D eigenvalue weighted by atomic mass is 16.2. The van der Waals surface area contributed by atoms with E-state index in [1.54, 1.807) is 0 Å². The average Bonchev–Trinajstić information content (AvgIpc) is 2.53. The first-order valence-electron chi connectivity index (χ1n) is 6.52. The third-order valence-corrected chi connectivity index (χ3v) is 3.51. The lowest BCUT2D eigenvalue weighted by atomic mass is 9.75. The van der Waals surface area contributed by atoms with Gasteiger partial charge in [0.25, 0.3) is 0 Å². The molecule has 0 saturated heterocycles. The van der Waals surface area contributed by atoms with Crippen molar-refractivity contribution in [1.82, 2.24) is 5.32 Å². The fraction of sp³-hybridized carbons (Fsp3) is 0.167. The molecule has 2 rings (SSSR count). The molecule has 0 atom stereocenters. The van der Waals surface area contributed by atoms with Crippen LogP contribution in [0.2, 0.25) is 0 Å². The number of nitrogens with one attached hydrogen (secondary N) is 1. The van der Waals surface area contributed by atoms with Gasteiger partial charge in [-0.25, -0.2) is 0 Å². The van der Waals surface area contributed by atoms with Crippen LogP contribution in [0.4, 0.5) is 0 Å². The van der Waals surface area contributed by atoms with Crippen molar-refractivity contribution >= 4 is 5.91 Å². The van der Waals surface area contributed by atoms with Crippen LogP contribution in [-0.4, -0.2) is 12.5 Å². The van der Waals surface area contributed by atoms with E-state index in [0.29, 0.717) is 0 Å². The highest BCUT2D eigenvalue weighted by Gasteiger charge is 2.36. The first-order valence-corrected chi connectivity index (χ1v) is 6.52. The molecule has 20 heavy (non-hydrogen) atoms. The molecule has 2 aromatic rings. The summed E-state index contributed by atoms with van der Waals surface area (Å²) in [7, 11) is 0. The smallest absolute Gasteiger partial charge is 0.235 e. The van der Waals surface area contributed by atoms with E-state index in [1.165, 1.54) is 0 Å². The number of benzene rings is 2. The second-order valence-corrected chi connectivity index (χ2v) is 4.74. The molecule has 100 valence electrons. The van der Waals surface area contributed by atoms with Crippen LogP contribution in [0.3, 0.4) is 0 Å². The van der Waals surface area contributed by atoms with Crippen LogP contribution in [0.5, 0.6) is 0 Å². The molecule has 2 heteroatoms. The van der Waals surface area contributed by atoms with Crippen molar-refractivity contribution in [3.05, 3.63) is 71.8 Å². The highest BCUT2D eigenvalue weighted by Crippen LogP contribution is 2.32. The van der Waals surface area contributed by atoms with E-state index in [4.69, 9.17) is 6.42 Å². The molecule has 0 bridgehead atoms. The van der Waals surface area contributed by atoms with Gasteiger partial charge in [0.05, 0.1) is 12.0 Å². The van der Waals surface area contributed by atoms with Crippen molar-refractivity contribution in [1.29, 1.82) is 0 Å². The van der Waals surface area contributed by atoms with E-state index in [2.05, 4.69) is 11.2 Å². The zero-order chi connectivity index (χ0) is 14.4. The van der Waals surface area contributed by atoms with Crippen LogP contribution < -0.4 is 5.32 Å².